The highest BCUT2D eigenvalue weighted by molar-refractivity contribution is 6.69. The van der Waals surface area contributed by atoms with Crippen LogP contribution in [0.3, 0.4) is 0 Å². The molecule has 0 N–H and O–H groups in total. The van der Waals surface area contributed by atoms with Gasteiger partial charge in [0.1, 0.15) is 0 Å². The highest BCUT2D eigenvalue weighted by Gasteiger charge is 2.60. The van der Waals surface area contributed by atoms with Crippen molar-refractivity contribution in [2.24, 2.45) is 5.92 Å². The minimum absolute atomic E-state index is 0.106. The minimum atomic E-state index is -1.63. The van der Waals surface area contributed by atoms with Crippen molar-refractivity contribution in [2.75, 3.05) is 7.11 Å². The predicted octanol–water partition coefficient (Wildman–Crippen LogP) is 2.35. The normalized spacial score (nSPS) is 30.6. The molecule has 0 unspecified atom stereocenters. The fourth-order valence-electron chi connectivity index (χ4n) is 1.87. The van der Waals surface area contributed by atoms with E-state index < -0.39 is 8.32 Å². The summed E-state index contributed by atoms with van der Waals surface area (Å²) in [5.74, 6) is -0.267. The number of allylic oxidation sites excluding steroid dienone is 1. The average Bonchev–Trinajstić information content (AvgIpc) is 2.75. The van der Waals surface area contributed by atoms with Gasteiger partial charge in [-0.05, 0) is 33.0 Å². The van der Waals surface area contributed by atoms with Crippen LogP contribution in [0.5, 0.6) is 0 Å². The van der Waals surface area contributed by atoms with E-state index in [4.69, 9.17) is 9.16 Å². The van der Waals surface area contributed by atoms with Crippen molar-refractivity contribution in [2.45, 2.75) is 38.6 Å². The monoisotopic (exact) mass is 228 g/mol. The van der Waals surface area contributed by atoms with Gasteiger partial charge >= 0.3 is 5.97 Å². The van der Waals surface area contributed by atoms with Crippen molar-refractivity contribution >= 4 is 14.3 Å². The van der Waals surface area contributed by atoms with Crippen LogP contribution >= 0.6 is 0 Å². The van der Waals surface area contributed by atoms with E-state index >= 15 is 0 Å². The molecule has 0 aromatic carbocycles. The van der Waals surface area contributed by atoms with Crippen LogP contribution in [0.25, 0.3) is 0 Å². The molecule has 0 heterocycles. The Labute approximate surface area is 92.6 Å². The SMILES string of the molecule is C/C=C/[C@]1(O[Si](C)(C)C)C[C@@H]1C(=O)OC. The van der Waals surface area contributed by atoms with Crippen molar-refractivity contribution in [3.8, 4) is 0 Å². The zero-order valence-electron chi connectivity index (χ0n) is 10.2. The second kappa shape index (κ2) is 4.10. The lowest BCUT2D eigenvalue weighted by molar-refractivity contribution is -0.143. The van der Waals surface area contributed by atoms with Gasteiger partial charge in [0, 0.05) is 0 Å². The van der Waals surface area contributed by atoms with E-state index in [0.717, 1.165) is 6.42 Å². The van der Waals surface area contributed by atoms with Crippen LogP contribution in [0.4, 0.5) is 0 Å². The van der Waals surface area contributed by atoms with Gasteiger partial charge in [0.2, 0.25) is 0 Å². The summed E-state index contributed by atoms with van der Waals surface area (Å²) in [6.07, 6.45) is 4.70. The highest BCUT2D eigenvalue weighted by Crippen LogP contribution is 2.50. The molecule has 0 bridgehead atoms. The van der Waals surface area contributed by atoms with E-state index in [1.807, 2.05) is 19.1 Å². The molecule has 3 nitrogen and oxygen atoms in total. The summed E-state index contributed by atoms with van der Waals surface area (Å²) in [4.78, 5) is 11.4. The summed E-state index contributed by atoms with van der Waals surface area (Å²) in [6, 6.07) is 0. The van der Waals surface area contributed by atoms with Crippen molar-refractivity contribution < 1.29 is 14.0 Å². The second-order valence-corrected chi connectivity index (χ2v) is 9.38. The van der Waals surface area contributed by atoms with Crippen molar-refractivity contribution in [1.82, 2.24) is 0 Å². The first-order chi connectivity index (χ1) is 6.84. The molecule has 1 saturated carbocycles. The van der Waals surface area contributed by atoms with Crippen molar-refractivity contribution in [1.29, 1.82) is 0 Å². The lowest BCUT2D eigenvalue weighted by atomic mass is 10.2. The first-order valence-corrected chi connectivity index (χ1v) is 8.67. The van der Waals surface area contributed by atoms with Crippen LogP contribution in [0.1, 0.15) is 13.3 Å². The van der Waals surface area contributed by atoms with E-state index in [-0.39, 0.29) is 17.5 Å². The molecule has 2 atom stereocenters. The first kappa shape index (κ1) is 12.5. The molecular formula is C11H20O3Si. The van der Waals surface area contributed by atoms with Gasteiger partial charge in [0.05, 0.1) is 18.6 Å². The molecule has 0 aromatic heterocycles. The molecule has 0 radical (unpaired) electrons. The fraction of sp³-hybridized carbons (Fsp3) is 0.727. The van der Waals surface area contributed by atoms with E-state index in [1.165, 1.54) is 7.11 Å². The predicted molar refractivity (Wildman–Crippen MR) is 62.1 cm³/mol. The van der Waals surface area contributed by atoms with Gasteiger partial charge in [0.25, 0.3) is 0 Å². The molecule has 15 heavy (non-hydrogen) atoms. The average molecular weight is 228 g/mol. The fourth-order valence-corrected chi connectivity index (χ4v) is 3.30. The third-order valence-corrected chi connectivity index (χ3v) is 3.38. The smallest absolute Gasteiger partial charge is 0.312 e. The molecule has 4 heteroatoms. The number of carbonyl (C=O) groups is 1. The Bertz CT molecular complexity index is 280. The molecule has 1 aliphatic carbocycles. The van der Waals surface area contributed by atoms with Gasteiger partial charge in [-0.1, -0.05) is 12.2 Å². The van der Waals surface area contributed by atoms with Crippen LogP contribution in [0.15, 0.2) is 12.2 Å². The maximum atomic E-state index is 11.4. The number of ether oxygens (including phenoxy) is 1. The summed E-state index contributed by atoms with van der Waals surface area (Å²) in [7, 11) is -0.201. The van der Waals surface area contributed by atoms with Crippen LogP contribution in [0, 0.1) is 5.92 Å². The van der Waals surface area contributed by atoms with Crippen LogP contribution in [0.2, 0.25) is 19.6 Å². The summed E-state index contributed by atoms with van der Waals surface area (Å²) < 4.78 is 10.8. The Kier molecular flexibility index (Phi) is 3.40. The molecule has 1 aliphatic rings. The number of rotatable bonds is 4. The van der Waals surface area contributed by atoms with Crippen LogP contribution in [-0.2, 0) is 14.0 Å². The van der Waals surface area contributed by atoms with Crippen LogP contribution in [-0.4, -0.2) is 27.0 Å². The van der Waals surface area contributed by atoms with Gasteiger partial charge in [-0.15, -0.1) is 0 Å². The molecule has 0 aromatic rings. The standard InChI is InChI=1S/C11H20O3Si/c1-6-7-11(14-15(3,4)5)8-9(11)10(12)13-2/h6-7,9H,8H2,1-5H3/b7-6+/t9-,11+/m1/s1. The quantitative estimate of drug-likeness (QED) is 0.421. The van der Waals surface area contributed by atoms with E-state index in [1.54, 1.807) is 0 Å². The zero-order valence-corrected chi connectivity index (χ0v) is 11.2. The maximum Gasteiger partial charge on any atom is 0.312 e. The van der Waals surface area contributed by atoms with Gasteiger partial charge in [-0.2, -0.15) is 0 Å². The topological polar surface area (TPSA) is 35.5 Å². The van der Waals surface area contributed by atoms with Gasteiger partial charge in [-0.3, -0.25) is 4.79 Å². The lowest BCUT2D eigenvalue weighted by Crippen LogP contribution is -2.34. The van der Waals surface area contributed by atoms with Gasteiger partial charge in [0.15, 0.2) is 8.32 Å². The Morgan fingerprint density at radius 3 is 2.47 bits per heavy atom. The Morgan fingerprint density at radius 1 is 1.47 bits per heavy atom. The summed E-state index contributed by atoms with van der Waals surface area (Å²) in [5, 5.41) is 0. The van der Waals surface area contributed by atoms with Crippen LogP contribution < -0.4 is 0 Å². The number of methoxy groups -OCH3 is 1. The number of hydrogen-bond acceptors (Lipinski definition) is 3. The largest absolute Gasteiger partial charge is 0.469 e. The molecule has 0 spiro atoms. The molecule has 0 amide bonds. The maximum absolute atomic E-state index is 11.4. The summed E-state index contributed by atoms with van der Waals surface area (Å²) >= 11 is 0. The van der Waals surface area contributed by atoms with Gasteiger partial charge in [-0.25, -0.2) is 0 Å². The Balaban J connectivity index is 2.74. The number of carbonyl (C=O) groups excluding carboxylic acids is 1. The van der Waals surface area contributed by atoms with E-state index in [9.17, 15) is 4.79 Å². The first-order valence-electron chi connectivity index (χ1n) is 5.26. The van der Waals surface area contributed by atoms with Crippen molar-refractivity contribution in [3.05, 3.63) is 12.2 Å². The molecule has 0 aliphatic heterocycles. The Morgan fingerprint density at radius 2 is 2.07 bits per heavy atom. The van der Waals surface area contributed by atoms with Gasteiger partial charge < -0.3 is 9.16 Å². The summed E-state index contributed by atoms with van der Waals surface area (Å²) in [5.41, 5.74) is -0.369. The van der Waals surface area contributed by atoms with E-state index in [2.05, 4.69) is 19.6 Å². The lowest BCUT2D eigenvalue weighted by Gasteiger charge is -2.24. The molecule has 0 saturated heterocycles. The van der Waals surface area contributed by atoms with E-state index in [0.29, 0.717) is 0 Å². The molecule has 1 fully saturated rings. The van der Waals surface area contributed by atoms with Crippen molar-refractivity contribution in [3.63, 3.8) is 0 Å². The number of esters is 1. The third kappa shape index (κ3) is 2.92. The minimum Gasteiger partial charge on any atom is -0.469 e. The third-order valence-electron chi connectivity index (χ3n) is 2.38. The second-order valence-electron chi connectivity index (χ2n) is 4.95. The highest BCUT2D eigenvalue weighted by atomic mass is 28.4. The molecular weight excluding hydrogens is 208 g/mol. The zero-order chi connectivity index (χ0) is 11.7. The molecule has 86 valence electrons. The summed E-state index contributed by atoms with van der Waals surface area (Å²) in [6.45, 7) is 8.34. The Hall–Kier alpha value is -0.613. The number of hydrogen-bond donors (Lipinski definition) is 0. The molecule has 1 rings (SSSR count).